The molecule has 0 unspecified atom stereocenters. The Morgan fingerprint density at radius 2 is 1.80 bits per heavy atom. The van der Waals surface area contributed by atoms with Gasteiger partial charge in [0, 0.05) is 0 Å². The van der Waals surface area contributed by atoms with Crippen molar-refractivity contribution in [2.45, 2.75) is 10.1 Å². The van der Waals surface area contributed by atoms with Crippen molar-refractivity contribution in [2.75, 3.05) is 0 Å². The zero-order chi connectivity index (χ0) is 10.7. The van der Waals surface area contributed by atoms with Crippen LogP contribution in [0.25, 0.3) is 0 Å². The number of hydrogen-bond acceptors (Lipinski definition) is 4. The van der Waals surface area contributed by atoms with Gasteiger partial charge in [0.15, 0.2) is 11.0 Å². The number of nitrogens with zero attached hydrogens (tertiary/aromatic N) is 2. The normalized spacial score (nSPS) is 10.2. The molecular weight excluding hydrogens is 215 g/mol. The third-order valence-corrected chi connectivity index (χ3v) is 2.62. The number of benzene rings is 1. The van der Waals surface area contributed by atoms with Crippen molar-refractivity contribution >= 4 is 11.8 Å². The van der Waals surface area contributed by atoms with Gasteiger partial charge in [-0.3, -0.25) is 0 Å². The van der Waals surface area contributed by atoms with Gasteiger partial charge in [-0.15, -0.1) is 0 Å². The van der Waals surface area contributed by atoms with E-state index in [0.717, 1.165) is 12.4 Å². The predicted molar refractivity (Wildman–Crippen MR) is 54.2 cm³/mol. The molecular formula is C10H7FN2OS. The van der Waals surface area contributed by atoms with Crippen molar-refractivity contribution < 1.29 is 9.50 Å². The Kier molecular flexibility index (Phi) is 2.82. The van der Waals surface area contributed by atoms with E-state index >= 15 is 0 Å². The number of phenols is 1. The molecule has 1 aromatic carbocycles. The van der Waals surface area contributed by atoms with Gasteiger partial charge >= 0.3 is 0 Å². The Morgan fingerprint density at radius 1 is 1.13 bits per heavy atom. The molecule has 0 aliphatic carbocycles. The molecule has 0 atom stereocenters. The SMILES string of the molecule is Oc1ccccc1Sc1ncc(F)cn1. The Hall–Kier alpha value is -1.62. The van der Waals surface area contributed by atoms with Crippen LogP contribution in [0.4, 0.5) is 4.39 Å². The van der Waals surface area contributed by atoms with Gasteiger partial charge in [0.25, 0.3) is 0 Å². The smallest absolute Gasteiger partial charge is 0.192 e. The Morgan fingerprint density at radius 3 is 2.47 bits per heavy atom. The molecule has 1 aromatic heterocycles. The fraction of sp³-hybridized carbons (Fsp3) is 0. The highest BCUT2D eigenvalue weighted by molar-refractivity contribution is 7.99. The maximum atomic E-state index is 12.5. The zero-order valence-electron chi connectivity index (χ0n) is 7.59. The second-order valence-electron chi connectivity index (χ2n) is 2.75. The summed E-state index contributed by atoms with van der Waals surface area (Å²) in [6.07, 6.45) is 2.19. The molecule has 0 saturated carbocycles. The summed E-state index contributed by atoms with van der Waals surface area (Å²) in [7, 11) is 0. The number of hydrogen-bond donors (Lipinski definition) is 1. The van der Waals surface area contributed by atoms with Crippen molar-refractivity contribution in [1.29, 1.82) is 0 Å². The second kappa shape index (κ2) is 4.27. The van der Waals surface area contributed by atoms with Gasteiger partial charge in [0.1, 0.15) is 5.75 Å². The number of phenolic OH excluding ortho intramolecular Hbond substituents is 1. The van der Waals surface area contributed by atoms with Crippen LogP contribution in [0.15, 0.2) is 46.7 Å². The highest BCUT2D eigenvalue weighted by Gasteiger charge is 2.04. The molecule has 15 heavy (non-hydrogen) atoms. The lowest BCUT2D eigenvalue weighted by Crippen LogP contribution is -1.86. The van der Waals surface area contributed by atoms with Crippen LogP contribution in [-0.2, 0) is 0 Å². The summed E-state index contributed by atoms with van der Waals surface area (Å²) in [4.78, 5) is 8.20. The van der Waals surface area contributed by atoms with Crippen LogP contribution in [0.3, 0.4) is 0 Å². The Bertz CT molecular complexity index is 461. The number of rotatable bonds is 2. The van der Waals surface area contributed by atoms with E-state index < -0.39 is 5.82 Å². The Labute approximate surface area is 90.0 Å². The fourth-order valence-electron chi connectivity index (χ4n) is 0.995. The van der Waals surface area contributed by atoms with Crippen molar-refractivity contribution in [1.82, 2.24) is 9.97 Å². The second-order valence-corrected chi connectivity index (χ2v) is 3.76. The maximum absolute atomic E-state index is 12.5. The largest absolute Gasteiger partial charge is 0.507 e. The minimum absolute atomic E-state index is 0.162. The van der Waals surface area contributed by atoms with E-state index in [0.29, 0.717) is 10.1 Å². The first-order valence-corrected chi connectivity index (χ1v) is 5.01. The molecule has 0 aliphatic heterocycles. The quantitative estimate of drug-likeness (QED) is 0.793. The van der Waals surface area contributed by atoms with E-state index in [-0.39, 0.29) is 5.75 Å². The summed E-state index contributed by atoms with van der Waals surface area (Å²) in [6, 6.07) is 6.84. The van der Waals surface area contributed by atoms with Crippen LogP contribution >= 0.6 is 11.8 Å². The topological polar surface area (TPSA) is 46.0 Å². The van der Waals surface area contributed by atoms with E-state index in [4.69, 9.17) is 0 Å². The third-order valence-electron chi connectivity index (χ3n) is 1.66. The maximum Gasteiger partial charge on any atom is 0.192 e. The summed E-state index contributed by atoms with van der Waals surface area (Å²) in [5.74, 6) is -0.313. The molecule has 0 bridgehead atoms. The summed E-state index contributed by atoms with van der Waals surface area (Å²) in [6.45, 7) is 0. The van der Waals surface area contributed by atoms with Gasteiger partial charge in [0.2, 0.25) is 0 Å². The van der Waals surface area contributed by atoms with Crippen LogP contribution in [0.1, 0.15) is 0 Å². The molecule has 1 N–H and O–H groups in total. The number of aromatic hydroxyl groups is 1. The summed E-state index contributed by atoms with van der Waals surface area (Å²) < 4.78 is 12.5. The van der Waals surface area contributed by atoms with E-state index in [1.807, 2.05) is 0 Å². The number of halogens is 1. The Balaban J connectivity index is 2.22. The van der Waals surface area contributed by atoms with Crippen LogP contribution in [0.5, 0.6) is 5.75 Å². The standard InChI is InChI=1S/C10H7FN2OS/c11-7-5-12-10(13-6-7)15-9-4-2-1-3-8(9)14/h1-6,14H. The zero-order valence-corrected chi connectivity index (χ0v) is 8.41. The first-order chi connectivity index (χ1) is 7.25. The minimum atomic E-state index is -0.475. The van der Waals surface area contributed by atoms with Gasteiger partial charge in [-0.2, -0.15) is 0 Å². The molecule has 2 aromatic rings. The van der Waals surface area contributed by atoms with Crippen molar-refractivity contribution in [3.05, 3.63) is 42.5 Å². The molecule has 0 aliphatic rings. The molecule has 0 spiro atoms. The van der Waals surface area contributed by atoms with Gasteiger partial charge in [-0.25, -0.2) is 14.4 Å². The molecule has 0 saturated heterocycles. The lowest BCUT2D eigenvalue weighted by Gasteiger charge is -2.01. The highest BCUT2D eigenvalue weighted by atomic mass is 32.2. The molecule has 76 valence electrons. The van der Waals surface area contributed by atoms with Crippen LogP contribution in [0.2, 0.25) is 0 Å². The molecule has 2 rings (SSSR count). The summed E-state index contributed by atoms with van der Waals surface area (Å²) in [5, 5.41) is 9.88. The van der Waals surface area contributed by atoms with Crippen LogP contribution in [-0.4, -0.2) is 15.1 Å². The molecule has 0 amide bonds. The minimum Gasteiger partial charge on any atom is -0.507 e. The lowest BCUT2D eigenvalue weighted by molar-refractivity contribution is 0.462. The van der Waals surface area contributed by atoms with E-state index in [1.165, 1.54) is 11.8 Å². The number of para-hydroxylation sites is 1. The van der Waals surface area contributed by atoms with Crippen LogP contribution < -0.4 is 0 Å². The molecule has 0 fully saturated rings. The summed E-state index contributed by atoms with van der Waals surface area (Å²) >= 11 is 1.18. The third kappa shape index (κ3) is 2.44. The van der Waals surface area contributed by atoms with E-state index in [2.05, 4.69) is 9.97 Å². The molecule has 5 heteroatoms. The van der Waals surface area contributed by atoms with Crippen molar-refractivity contribution in [2.24, 2.45) is 0 Å². The fourth-order valence-corrected chi connectivity index (χ4v) is 1.72. The molecule has 0 radical (unpaired) electrons. The monoisotopic (exact) mass is 222 g/mol. The average Bonchev–Trinajstić information content (AvgIpc) is 2.25. The first-order valence-electron chi connectivity index (χ1n) is 4.19. The molecule has 1 heterocycles. The highest BCUT2D eigenvalue weighted by Crippen LogP contribution is 2.31. The van der Waals surface area contributed by atoms with E-state index in [1.54, 1.807) is 24.3 Å². The van der Waals surface area contributed by atoms with Gasteiger partial charge in [-0.1, -0.05) is 12.1 Å². The van der Waals surface area contributed by atoms with Gasteiger partial charge < -0.3 is 5.11 Å². The van der Waals surface area contributed by atoms with Crippen molar-refractivity contribution in [3.63, 3.8) is 0 Å². The predicted octanol–water partition coefficient (Wildman–Crippen LogP) is 2.47. The van der Waals surface area contributed by atoms with Crippen molar-refractivity contribution in [3.8, 4) is 5.75 Å². The lowest BCUT2D eigenvalue weighted by atomic mass is 10.3. The van der Waals surface area contributed by atoms with E-state index in [9.17, 15) is 9.50 Å². The first kappa shape index (κ1) is 9.92. The number of aromatic nitrogens is 2. The average molecular weight is 222 g/mol. The van der Waals surface area contributed by atoms with Crippen LogP contribution in [0, 0.1) is 5.82 Å². The van der Waals surface area contributed by atoms with Gasteiger partial charge in [-0.05, 0) is 23.9 Å². The van der Waals surface area contributed by atoms with Gasteiger partial charge in [0.05, 0.1) is 17.3 Å². The molecule has 3 nitrogen and oxygen atoms in total. The summed E-state index contributed by atoms with van der Waals surface area (Å²) in [5.41, 5.74) is 0.